The van der Waals surface area contributed by atoms with Gasteiger partial charge in [0, 0.05) is 51.7 Å². The molecule has 11 N–H and O–H groups in total. The van der Waals surface area contributed by atoms with Gasteiger partial charge in [0.15, 0.2) is 5.78 Å². The zero-order valence-electron chi connectivity index (χ0n) is 47.4. The van der Waals surface area contributed by atoms with E-state index in [4.69, 9.17) is 24.7 Å². The highest BCUT2D eigenvalue weighted by molar-refractivity contribution is 5.89. The van der Waals surface area contributed by atoms with Crippen LogP contribution in [0.3, 0.4) is 0 Å². The average Bonchev–Trinajstić information content (AvgIpc) is 3.39. The minimum atomic E-state index is -1.47. The lowest BCUT2D eigenvalue weighted by molar-refractivity contribution is -0.144. The number of aliphatic carboxylic acids is 2. The zero-order chi connectivity index (χ0) is 58.9. The van der Waals surface area contributed by atoms with Crippen LogP contribution in [0, 0.1) is 0 Å². The first-order valence-corrected chi connectivity index (χ1v) is 28.3. The Morgan fingerprint density at radius 2 is 0.734 bits per heavy atom. The first-order chi connectivity index (χ1) is 37.9. The number of unbranched alkanes of at least 4 members (excludes halogenated alkanes) is 14. The second kappa shape index (κ2) is 49.4. The van der Waals surface area contributed by atoms with Crippen molar-refractivity contribution in [3.63, 3.8) is 0 Å². The maximum Gasteiger partial charge on any atom is 0.326 e. The highest BCUT2D eigenvalue weighted by Crippen LogP contribution is 2.14. The van der Waals surface area contributed by atoms with Gasteiger partial charge in [-0.05, 0) is 72.3 Å². The highest BCUT2D eigenvalue weighted by atomic mass is 16.5. The third kappa shape index (κ3) is 45.9. The van der Waals surface area contributed by atoms with Gasteiger partial charge in [-0.1, -0.05) is 77.0 Å². The number of rotatable bonds is 55. The van der Waals surface area contributed by atoms with Crippen molar-refractivity contribution in [1.29, 1.82) is 0 Å². The number of hydrogen-bond acceptors (Lipinski definition) is 16. The second-order valence-corrected chi connectivity index (χ2v) is 19.5. The molecule has 0 aromatic rings. The van der Waals surface area contributed by atoms with Crippen LogP contribution < -0.4 is 43.0 Å². The van der Waals surface area contributed by atoms with E-state index >= 15 is 0 Å². The summed E-state index contributed by atoms with van der Waals surface area (Å²) in [4.78, 5) is 132. The van der Waals surface area contributed by atoms with Crippen molar-refractivity contribution in [2.24, 2.45) is 5.73 Å². The van der Waals surface area contributed by atoms with Crippen molar-refractivity contribution in [3.8, 4) is 0 Å². The van der Waals surface area contributed by atoms with Gasteiger partial charge in [-0.15, -0.1) is 0 Å². The molecule has 0 aliphatic rings. The number of hydrogen-bond donors (Lipinski definition) is 10. The van der Waals surface area contributed by atoms with Crippen molar-refractivity contribution in [2.45, 2.75) is 199 Å². The molecule has 0 heterocycles. The van der Waals surface area contributed by atoms with E-state index in [-0.39, 0.29) is 127 Å². The second-order valence-electron chi connectivity index (χ2n) is 19.5. The number of carboxylic acids is 2. The van der Waals surface area contributed by atoms with E-state index in [9.17, 15) is 63.0 Å². The minimum Gasteiger partial charge on any atom is -0.480 e. The summed E-state index contributed by atoms with van der Waals surface area (Å²) in [5, 5.41) is 37.3. The SMILES string of the molecule is CN[C@@H](CCCCNC(=O)CC[C@H](NC(=O)CC[C@H](NC(=O)COCCOCCNC(=O)COCCOCCNC(=O)CC[C@H](NC(=O)CCCCCCCCCCCCCCCCC(N)=O)C(C)=O)C(=O)O)C(=O)O)C(C)=O. The summed E-state index contributed by atoms with van der Waals surface area (Å²) in [6, 6.07) is -3.86. The molecule has 79 heavy (non-hydrogen) atoms. The Balaban J connectivity index is 3.97. The number of carboxylic acid groups (broad SMARTS) is 2. The van der Waals surface area contributed by atoms with Crippen molar-refractivity contribution in [2.75, 3.05) is 79.5 Å². The number of likely N-dealkylation sites (N-methyl/N-ethyl adjacent to an activating group) is 1. The van der Waals surface area contributed by atoms with Gasteiger partial charge in [0.25, 0.3) is 0 Å². The summed E-state index contributed by atoms with van der Waals surface area (Å²) in [6.07, 6.45) is 17.5. The van der Waals surface area contributed by atoms with Crippen LogP contribution in [0.4, 0.5) is 0 Å². The molecule has 454 valence electrons. The lowest BCUT2D eigenvalue weighted by Crippen LogP contribution is -2.45. The zero-order valence-corrected chi connectivity index (χ0v) is 47.4. The topological polar surface area (TPSA) is 375 Å². The molecule has 0 unspecified atom stereocenters. The number of nitrogens with one attached hydrogen (secondary N) is 7. The number of carbonyl (C=O) groups excluding carboxylic acids is 9. The number of primary amides is 1. The Kier molecular flexibility index (Phi) is 45.9. The number of ketones is 2. The molecular formula is C54H96N8O17. The lowest BCUT2D eigenvalue weighted by Gasteiger charge is -2.17. The van der Waals surface area contributed by atoms with Gasteiger partial charge in [-0.25, -0.2) is 9.59 Å². The molecule has 0 radical (unpaired) electrons. The Hall–Kier alpha value is -5.63. The van der Waals surface area contributed by atoms with E-state index in [0.29, 0.717) is 38.6 Å². The third-order valence-corrected chi connectivity index (χ3v) is 12.6. The largest absolute Gasteiger partial charge is 0.480 e. The number of ether oxygens (including phenoxy) is 4. The molecule has 0 aromatic carbocycles. The van der Waals surface area contributed by atoms with Crippen molar-refractivity contribution >= 4 is 64.9 Å². The maximum absolute atomic E-state index is 12.5. The van der Waals surface area contributed by atoms with Gasteiger partial charge < -0.3 is 72.1 Å². The van der Waals surface area contributed by atoms with Crippen LogP contribution in [0.5, 0.6) is 0 Å². The predicted molar refractivity (Wildman–Crippen MR) is 292 cm³/mol. The summed E-state index contributed by atoms with van der Waals surface area (Å²) in [5.41, 5.74) is 5.16. The van der Waals surface area contributed by atoms with E-state index in [1.807, 2.05) is 0 Å². The normalized spacial score (nSPS) is 12.5. The average molecular weight is 1130 g/mol. The van der Waals surface area contributed by atoms with Crippen molar-refractivity contribution in [1.82, 2.24) is 37.2 Å². The molecule has 0 bridgehead atoms. The first kappa shape index (κ1) is 73.4. The molecule has 0 rings (SSSR count). The van der Waals surface area contributed by atoms with E-state index in [1.54, 1.807) is 7.05 Å². The van der Waals surface area contributed by atoms with Gasteiger partial charge >= 0.3 is 11.9 Å². The van der Waals surface area contributed by atoms with Crippen LogP contribution in [0.1, 0.15) is 174 Å². The smallest absolute Gasteiger partial charge is 0.326 e. The molecule has 0 saturated heterocycles. The van der Waals surface area contributed by atoms with Crippen LogP contribution in [0.2, 0.25) is 0 Å². The van der Waals surface area contributed by atoms with Gasteiger partial charge in [-0.3, -0.25) is 43.2 Å². The maximum atomic E-state index is 12.5. The Bertz CT molecular complexity index is 1790. The van der Waals surface area contributed by atoms with E-state index in [0.717, 1.165) is 44.9 Å². The summed E-state index contributed by atoms with van der Waals surface area (Å²) in [5.74, 6) is -6.04. The van der Waals surface area contributed by atoms with Gasteiger partial charge in [-0.2, -0.15) is 0 Å². The first-order valence-electron chi connectivity index (χ1n) is 28.3. The molecule has 4 atom stereocenters. The fraction of sp³-hybridized carbons (Fsp3) is 0.796. The Morgan fingerprint density at radius 3 is 1.19 bits per heavy atom. The molecule has 0 fully saturated rings. The van der Waals surface area contributed by atoms with Gasteiger partial charge in [0.1, 0.15) is 31.1 Å². The molecule has 25 nitrogen and oxygen atoms in total. The molecule has 0 saturated carbocycles. The fourth-order valence-electron chi connectivity index (χ4n) is 7.97. The highest BCUT2D eigenvalue weighted by Gasteiger charge is 2.25. The van der Waals surface area contributed by atoms with E-state index < -0.39 is 66.7 Å². The number of amides is 7. The van der Waals surface area contributed by atoms with E-state index in [2.05, 4.69) is 37.2 Å². The summed E-state index contributed by atoms with van der Waals surface area (Å²) >= 11 is 0. The number of Topliss-reactive ketones (excluding diaryl/α,β-unsaturated/α-hetero) is 2. The van der Waals surface area contributed by atoms with Crippen LogP contribution in [-0.2, 0) is 71.7 Å². The Morgan fingerprint density at radius 1 is 0.367 bits per heavy atom. The Labute approximate surface area is 466 Å². The molecule has 0 aromatic heterocycles. The molecule has 0 aliphatic carbocycles. The summed E-state index contributed by atoms with van der Waals surface area (Å²) in [6.45, 7) is 3.50. The molecule has 0 spiro atoms. The van der Waals surface area contributed by atoms with Crippen LogP contribution in [-0.4, -0.2) is 179 Å². The quantitative estimate of drug-likeness (QED) is 0.0390. The summed E-state index contributed by atoms with van der Waals surface area (Å²) < 4.78 is 21.3. The number of carbonyl (C=O) groups is 11. The van der Waals surface area contributed by atoms with Crippen LogP contribution in [0.15, 0.2) is 0 Å². The predicted octanol–water partition coefficient (Wildman–Crippen LogP) is 2.03. The summed E-state index contributed by atoms with van der Waals surface area (Å²) in [7, 11) is 1.69. The molecular weight excluding hydrogens is 1030 g/mol. The minimum absolute atomic E-state index is 0.0194. The lowest BCUT2D eigenvalue weighted by atomic mass is 10.0. The fourth-order valence-corrected chi connectivity index (χ4v) is 7.97. The van der Waals surface area contributed by atoms with Gasteiger partial charge in [0.2, 0.25) is 41.4 Å². The van der Waals surface area contributed by atoms with Crippen LogP contribution >= 0.6 is 0 Å². The molecule has 7 amide bonds. The standard InChI is InChI=1S/C54H96N8O17/c1-40(63)42(56-3)20-18-19-29-57-47(66)27-24-44(53(72)73)61-50(69)28-25-45(54(74)75)62-52(71)39-79-37-35-77-33-31-59-51(70)38-78-36-34-76-32-30-58-48(67)26-23-43(41(2)64)60-49(68)22-17-15-13-11-9-7-5-4-6-8-10-12-14-16-21-46(55)65/h42-45,56H,4-39H2,1-3H3,(H2,55,65)(H,57,66)(H,58,67)(H,59,70)(H,60,68)(H,61,69)(H,62,71)(H,72,73)(H,74,75)/t42-,43-,44-,45-/m0/s1. The molecule has 0 aliphatic heterocycles. The van der Waals surface area contributed by atoms with Crippen LogP contribution in [0.25, 0.3) is 0 Å². The van der Waals surface area contributed by atoms with E-state index in [1.165, 1.54) is 58.8 Å². The third-order valence-electron chi connectivity index (χ3n) is 12.6. The monoisotopic (exact) mass is 1130 g/mol. The molecule has 25 heteroatoms. The van der Waals surface area contributed by atoms with Crippen molar-refractivity contribution < 1.29 is 81.9 Å². The number of nitrogens with two attached hydrogens (primary N) is 1. The van der Waals surface area contributed by atoms with Crippen molar-refractivity contribution in [3.05, 3.63) is 0 Å². The van der Waals surface area contributed by atoms with Gasteiger partial charge in [0.05, 0.1) is 51.7 Å².